The molecule has 1 N–H and O–H groups in total. The lowest BCUT2D eigenvalue weighted by Gasteiger charge is -2.10. The van der Waals surface area contributed by atoms with E-state index < -0.39 is 0 Å². The van der Waals surface area contributed by atoms with Gasteiger partial charge in [0, 0.05) is 5.38 Å². The van der Waals surface area contributed by atoms with Gasteiger partial charge in [-0.05, 0) is 40.5 Å². The molecule has 0 aliphatic carbocycles. The van der Waals surface area contributed by atoms with Crippen LogP contribution in [-0.4, -0.2) is 25.4 Å². The summed E-state index contributed by atoms with van der Waals surface area (Å²) in [5.74, 6) is 1.31. The zero-order chi connectivity index (χ0) is 14.5. The fourth-order valence-electron chi connectivity index (χ4n) is 1.58. The Morgan fingerprint density at radius 3 is 2.75 bits per heavy atom. The van der Waals surface area contributed by atoms with E-state index in [4.69, 9.17) is 9.47 Å². The van der Waals surface area contributed by atoms with Gasteiger partial charge in [0.25, 0.3) is 0 Å². The molecule has 106 valence electrons. The first-order chi connectivity index (χ1) is 9.63. The van der Waals surface area contributed by atoms with Crippen molar-refractivity contribution < 1.29 is 9.47 Å². The molecule has 0 atom stereocenters. The number of aryl methyl sites for hydroxylation is 1. The summed E-state index contributed by atoms with van der Waals surface area (Å²) in [6, 6.07) is 3.75. The average Bonchev–Trinajstić information content (AvgIpc) is 2.83. The van der Waals surface area contributed by atoms with Gasteiger partial charge < -0.3 is 9.47 Å². The SMILES string of the molecule is COc1cc(/C=N\Nc2nc(C)cs2)cc(Br)c1OC. The van der Waals surface area contributed by atoms with Gasteiger partial charge >= 0.3 is 0 Å². The van der Waals surface area contributed by atoms with E-state index in [1.807, 2.05) is 24.4 Å². The highest BCUT2D eigenvalue weighted by Crippen LogP contribution is 2.35. The van der Waals surface area contributed by atoms with E-state index in [1.165, 1.54) is 11.3 Å². The van der Waals surface area contributed by atoms with Crippen LogP contribution >= 0.6 is 27.3 Å². The number of rotatable bonds is 5. The summed E-state index contributed by atoms with van der Waals surface area (Å²) in [7, 11) is 3.20. The van der Waals surface area contributed by atoms with Crippen LogP contribution < -0.4 is 14.9 Å². The maximum Gasteiger partial charge on any atom is 0.203 e. The molecule has 1 aromatic heterocycles. The van der Waals surface area contributed by atoms with Crippen molar-refractivity contribution in [2.24, 2.45) is 5.10 Å². The third kappa shape index (κ3) is 3.49. The summed E-state index contributed by atoms with van der Waals surface area (Å²) in [5.41, 5.74) is 4.75. The molecule has 5 nitrogen and oxygen atoms in total. The fourth-order valence-corrected chi connectivity index (χ4v) is 2.84. The first-order valence-corrected chi connectivity index (χ1v) is 7.44. The molecule has 0 fully saturated rings. The number of methoxy groups -OCH3 is 2. The molecule has 7 heteroatoms. The van der Waals surface area contributed by atoms with Gasteiger partial charge in [0.1, 0.15) is 0 Å². The van der Waals surface area contributed by atoms with Crippen molar-refractivity contribution in [3.63, 3.8) is 0 Å². The summed E-state index contributed by atoms with van der Waals surface area (Å²) in [6.45, 7) is 1.94. The lowest BCUT2D eigenvalue weighted by molar-refractivity contribution is 0.353. The van der Waals surface area contributed by atoms with Crippen molar-refractivity contribution in [2.45, 2.75) is 6.92 Å². The molecular weight excluding hydrogens is 342 g/mol. The van der Waals surface area contributed by atoms with Crippen LogP contribution in [0.15, 0.2) is 27.1 Å². The molecule has 0 saturated carbocycles. The predicted octanol–water partition coefficient (Wildman–Crippen LogP) is 3.68. The Kier molecular flexibility index (Phi) is 4.97. The normalized spacial score (nSPS) is 10.8. The fraction of sp³-hybridized carbons (Fsp3) is 0.231. The molecule has 0 bridgehead atoms. The van der Waals surface area contributed by atoms with Crippen LogP contribution in [-0.2, 0) is 0 Å². The van der Waals surface area contributed by atoms with E-state index >= 15 is 0 Å². The van der Waals surface area contributed by atoms with Crippen LogP contribution in [0.3, 0.4) is 0 Å². The molecule has 0 aliphatic heterocycles. The summed E-state index contributed by atoms with van der Waals surface area (Å²) >= 11 is 4.95. The average molecular weight is 356 g/mol. The first kappa shape index (κ1) is 14.8. The van der Waals surface area contributed by atoms with E-state index in [9.17, 15) is 0 Å². The number of hydrogen-bond donors (Lipinski definition) is 1. The summed E-state index contributed by atoms with van der Waals surface area (Å²) < 4.78 is 11.3. The van der Waals surface area contributed by atoms with Gasteiger partial charge in [-0.3, -0.25) is 5.43 Å². The van der Waals surface area contributed by atoms with Crippen LogP contribution in [0.25, 0.3) is 0 Å². The zero-order valence-corrected chi connectivity index (χ0v) is 13.7. The third-order valence-electron chi connectivity index (χ3n) is 2.45. The Morgan fingerprint density at radius 1 is 1.35 bits per heavy atom. The molecule has 0 aliphatic rings. The Hall–Kier alpha value is -1.60. The van der Waals surface area contributed by atoms with Crippen molar-refractivity contribution in [3.05, 3.63) is 33.2 Å². The molecule has 0 spiro atoms. The number of thiazole rings is 1. The smallest absolute Gasteiger partial charge is 0.203 e. The molecular formula is C13H14BrN3O2S. The van der Waals surface area contributed by atoms with Gasteiger partial charge in [-0.15, -0.1) is 11.3 Å². The highest BCUT2D eigenvalue weighted by Gasteiger charge is 2.09. The van der Waals surface area contributed by atoms with Crippen LogP contribution in [0.2, 0.25) is 0 Å². The minimum atomic E-state index is 0.647. The van der Waals surface area contributed by atoms with Gasteiger partial charge in [-0.25, -0.2) is 4.98 Å². The topological polar surface area (TPSA) is 55.7 Å². The lowest BCUT2D eigenvalue weighted by Crippen LogP contribution is -1.95. The lowest BCUT2D eigenvalue weighted by atomic mass is 10.2. The van der Waals surface area contributed by atoms with Crippen LogP contribution in [0.5, 0.6) is 11.5 Å². The zero-order valence-electron chi connectivity index (χ0n) is 11.3. The van der Waals surface area contributed by atoms with Crippen molar-refractivity contribution in [2.75, 3.05) is 19.6 Å². The second kappa shape index (κ2) is 6.71. The number of benzene rings is 1. The Morgan fingerprint density at radius 2 is 2.15 bits per heavy atom. The largest absolute Gasteiger partial charge is 0.493 e. The third-order valence-corrected chi connectivity index (χ3v) is 3.90. The van der Waals surface area contributed by atoms with Gasteiger partial charge in [-0.2, -0.15) is 5.10 Å². The molecule has 0 radical (unpaired) electrons. The summed E-state index contributed by atoms with van der Waals surface area (Å²) in [6.07, 6.45) is 1.70. The molecule has 20 heavy (non-hydrogen) atoms. The van der Waals surface area contributed by atoms with Gasteiger partial charge in [0.15, 0.2) is 11.5 Å². The Labute approximate surface area is 129 Å². The number of hydrogen-bond acceptors (Lipinski definition) is 6. The number of ether oxygens (including phenoxy) is 2. The second-order valence-corrected chi connectivity index (χ2v) is 5.61. The number of hydrazone groups is 1. The van der Waals surface area contributed by atoms with Crippen LogP contribution in [0.1, 0.15) is 11.3 Å². The van der Waals surface area contributed by atoms with Gasteiger partial charge in [0.05, 0.1) is 30.6 Å². The second-order valence-electron chi connectivity index (χ2n) is 3.90. The summed E-state index contributed by atoms with van der Waals surface area (Å²) in [4.78, 5) is 4.26. The van der Waals surface area contributed by atoms with E-state index in [0.717, 1.165) is 20.9 Å². The number of anilines is 1. The highest BCUT2D eigenvalue weighted by atomic mass is 79.9. The van der Waals surface area contributed by atoms with E-state index in [-0.39, 0.29) is 0 Å². The monoisotopic (exact) mass is 355 g/mol. The number of nitrogens with zero attached hydrogens (tertiary/aromatic N) is 2. The van der Waals surface area contributed by atoms with Crippen LogP contribution in [0.4, 0.5) is 5.13 Å². The van der Waals surface area contributed by atoms with Gasteiger partial charge in [0.2, 0.25) is 5.13 Å². The van der Waals surface area contributed by atoms with E-state index in [2.05, 4.69) is 31.4 Å². The molecule has 1 aromatic carbocycles. The minimum absolute atomic E-state index is 0.647. The Bertz CT molecular complexity index is 628. The standard InChI is InChI=1S/C13H14BrN3O2S/c1-8-7-20-13(16-8)17-15-6-9-4-10(14)12(19-3)11(5-9)18-2/h4-7H,1-3H3,(H,16,17)/b15-6-. The first-order valence-electron chi connectivity index (χ1n) is 5.76. The maximum absolute atomic E-state index is 5.28. The predicted molar refractivity (Wildman–Crippen MR) is 85.3 cm³/mol. The summed E-state index contributed by atoms with van der Waals surface area (Å²) in [5, 5.41) is 6.88. The molecule has 1 heterocycles. The number of halogens is 1. The van der Waals surface area contributed by atoms with Crippen LogP contribution in [0, 0.1) is 6.92 Å². The van der Waals surface area contributed by atoms with Crippen molar-refractivity contribution >= 4 is 38.6 Å². The van der Waals surface area contributed by atoms with Gasteiger partial charge in [-0.1, -0.05) is 0 Å². The van der Waals surface area contributed by atoms with Crippen molar-refractivity contribution in [1.29, 1.82) is 0 Å². The Balaban J connectivity index is 2.15. The molecule has 2 rings (SSSR count). The van der Waals surface area contributed by atoms with Crippen molar-refractivity contribution in [1.82, 2.24) is 4.98 Å². The molecule has 0 saturated heterocycles. The highest BCUT2D eigenvalue weighted by molar-refractivity contribution is 9.10. The maximum atomic E-state index is 5.28. The molecule has 0 unspecified atom stereocenters. The quantitative estimate of drug-likeness (QED) is 0.656. The van der Waals surface area contributed by atoms with E-state index in [0.29, 0.717) is 11.5 Å². The minimum Gasteiger partial charge on any atom is -0.493 e. The molecule has 0 amide bonds. The van der Waals surface area contributed by atoms with E-state index in [1.54, 1.807) is 20.4 Å². The number of aromatic nitrogens is 1. The molecule has 2 aromatic rings. The van der Waals surface area contributed by atoms with Crippen molar-refractivity contribution in [3.8, 4) is 11.5 Å². The number of nitrogens with one attached hydrogen (secondary N) is 1.